The number of hydrogen-bond donors (Lipinski definition) is 1. The number of carbonyl (C=O) groups is 2. The topological polar surface area (TPSA) is 105 Å². The molecule has 0 bridgehead atoms. The third-order valence-electron chi connectivity index (χ3n) is 6.67. The van der Waals surface area contributed by atoms with Crippen LogP contribution in [0.2, 0.25) is 0 Å². The van der Waals surface area contributed by atoms with Gasteiger partial charge in [0, 0.05) is 13.1 Å². The predicted octanol–water partition coefficient (Wildman–Crippen LogP) is 5.01. The molecule has 0 saturated heterocycles. The summed E-state index contributed by atoms with van der Waals surface area (Å²) in [6.07, 6.45) is 0.293. The molecule has 0 aliphatic rings. The predicted molar refractivity (Wildman–Crippen MR) is 164 cm³/mol. The molecule has 0 aliphatic carbocycles. The van der Waals surface area contributed by atoms with Gasteiger partial charge in [-0.05, 0) is 85.5 Å². The van der Waals surface area contributed by atoms with E-state index < -0.39 is 34.3 Å². The summed E-state index contributed by atoms with van der Waals surface area (Å²) in [5.74, 6) is -0.233. The first-order valence-corrected chi connectivity index (χ1v) is 15.6. The van der Waals surface area contributed by atoms with E-state index in [0.29, 0.717) is 36.6 Å². The van der Waals surface area contributed by atoms with Crippen LogP contribution in [-0.2, 0) is 26.2 Å². The molecule has 3 aromatic carbocycles. The van der Waals surface area contributed by atoms with Gasteiger partial charge in [-0.2, -0.15) is 0 Å². The summed E-state index contributed by atoms with van der Waals surface area (Å²) in [6.45, 7) is 7.78. The van der Waals surface area contributed by atoms with Crippen LogP contribution < -0.4 is 19.1 Å². The number of carbonyl (C=O) groups excluding carboxylic acids is 2. The fourth-order valence-corrected chi connectivity index (χ4v) is 5.86. The number of nitrogens with zero attached hydrogens (tertiary/aromatic N) is 2. The number of hydrogen-bond acceptors (Lipinski definition) is 6. The molecule has 9 nitrogen and oxygen atoms in total. The Morgan fingerprint density at radius 3 is 2.21 bits per heavy atom. The Balaban J connectivity index is 2.04. The Hall–Kier alpha value is -4.12. The van der Waals surface area contributed by atoms with Crippen molar-refractivity contribution in [3.8, 4) is 11.5 Å². The van der Waals surface area contributed by atoms with Gasteiger partial charge in [-0.25, -0.2) is 12.8 Å². The van der Waals surface area contributed by atoms with E-state index in [0.717, 1.165) is 16.4 Å². The monoisotopic (exact) mass is 613 g/mol. The fourth-order valence-electron chi connectivity index (χ4n) is 4.45. The SMILES string of the molecule is CCOc1ccc(S(=O)(=O)N(CC(=O)N(Cc2cccc(OC)c2)[C@@H](CC)C(=O)NCC(C)C)c2ccc(F)cc2)cc1. The number of nitrogens with one attached hydrogen (secondary N) is 1. The Kier molecular flexibility index (Phi) is 11.9. The van der Waals surface area contributed by atoms with Gasteiger partial charge < -0.3 is 19.7 Å². The quantitative estimate of drug-likeness (QED) is 0.259. The molecule has 11 heteroatoms. The van der Waals surface area contributed by atoms with Crippen LogP contribution >= 0.6 is 0 Å². The molecule has 43 heavy (non-hydrogen) atoms. The van der Waals surface area contributed by atoms with E-state index in [4.69, 9.17) is 9.47 Å². The highest BCUT2D eigenvalue weighted by atomic mass is 32.2. The molecule has 0 heterocycles. The molecule has 1 atom stereocenters. The highest BCUT2D eigenvalue weighted by Gasteiger charge is 2.33. The standard InChI is InChI=1S/C32H40FN3O6S/c1-6-30(32(38)34-20-23(3)4)35(21-24-9-8-10-28(19-24)41-5)31(37)22-36(26-13-11-25(33)12-14-26)43(39,40)29-17-15-27(16-18-29)42-7-2/h8-19,23,30H,6-7,20-22H2,1-5H3,(H,34,38)/t30-/m0/s1. The summed E-state index contributed by atoms with van der Waals surface area (Å²) in [6, 6.07) is 16.9. The van der Waals surface area contributed by atoms with Crippen molar-refractivity contribution in [3.63, 3.8) is 0 Å². The van der Waals surface area contributed by atoms with E-state index in [1.54, 1.807) is 31.2 Å². The van der Waals surface area contributed by atoms with E-state index in [2.05, 4.69) is 5.32 Å². The number of anilines is 1. The van der Waals surface area contributed by atoms with Gasteiger partial charge in [-0.3, -0.25) is 13.9 Å². The summed E-state index contributed by atoms with van der Waals surface area (Å²) in [5, 5.41) is 2.90. The van der Waals surface area contributed by atoms with Crippen molar-refractivity contribution in [1.29, 1.82) is 0 Å². The maximum atomic E-state index is 14.1. The van der Waals surface area contributed by atoms with E-state index in [9.17, 15) is 22.4 Å². The average Bonchev–Trinajstić information content (AvgIpc) is 2.99. The molecule has 1 N–H and O–H groups in total. The number of halogens is 1. The number of rotatable bonds is 15. The van der Waals surface area contributed by atoms with Crippen LogP contribution in [0.25, 0.3) is 0 Å². The van der Waals surface area contributed by atoms with E-state index in [1.807, 2.05) is 20.8 Å². The first-order valence-electron chi connectivity index (χ1n) is 14.2. The average molecular weight is 614 g/mol. The maximum Gasteiger partial charge on any atom is 0.264 e. The molecule has 0 unspecified atom stereocenters. The number of sulfonamides is 1. The van der Waals surface area contributed by atoms with Crippen LogP contribution in [0.4, 0.5) is 10.1 Å². The lowest BCUT2D eigenvalue weighted by atomic mass is 10.1. The minimum Gasteiger partial charge on any atom is -0.497 e. The minimum absolute atomic E-state index is 0.0317. The lowest BCUT2D eigenvalue weighted by Gasteiger charge is -2.33. The van der Waals surface area contributed by atoms with E-state index in [1.165, 1.54) is 48.4 Å². The number of methoxy groups -OCH3 is 1. The van der Waals surface area contributed by atoms with E-state index in [-0.39, 0.29) is 29.0 Å². The zero-order chi connectivity index (χ0) is 31.6. The van der Waals surface area contributed by atoms with Gasteiger partial charge >= 0.3 is 0 Å². The van der Waals surface area contributed by atoms with Crippen LogP contribution in [0.5, 0.6) is 11.5 Å². The largest absolute Gasteiger partial charge is 0.497 e. The summed E-state index contributed by atoms with van der Waals surface area (Å²) < 4.78 is 53.5. The molecule has 3 rings (SSSR count). The third-order valence-corrected chi connectivity index (χ3v) is 8.46. The zero-order valence-corrected chi connectivity index (χ0v) is 26.1. The van der Waals surface area contributed by atoms with Crippen LogP contribution in [0.15, 0.2) is 77.7 Å². The Morgan fingerprint density at radius 2 is 1.63 bits per heavy atom. The second-order valence-electron chi connectivity index (χ2n) is 10.3. The van der Waals surface area contributed by atoms with Crippen LogP contribution in [0.1, 0.15) is 39.7 Å². The van der Waals surface area contributed by atoms with Gasteiger partial charge in [0.2, 0.25) is 11.8 Å². The second kappa shape index (κ2) is 15.4. The maximum absolute atomic E-state index is 14.1. The first kappa shape index (κ1) is 33.4. The van der Waals surface area contributed by atoms with Crippen molar-refractivity contribution in [2.24, 2.45) is 5.92 Å². The van der Waals surface area contributed by atoms with Crippen molar-refractivity contribution in [3.05, 3.63) is 84.2 Å². The number of benzene rings is 3. The summed E-state index contributed by atoms with van der Waals surface area (Å²) in [7, 11) is -2.77. The Morgan fingerprint density at radius 1 is 0.953 bits per heavy atom. The molecule has 0 saturated carbocycles. The van der Waals surface area contributed by atoms with Crippen molar-refractivity contribution in [2.75, 3.05) is 31.1 Å². The fraction of sp³-hybridized carbons (Fsp3) is 0.375. The van der Waals surface area contributed by atoms with Crippen molar-refractivity contribution in [2.45, 2.75) is 51.6 Å². The lowest BCUT2D eigenvalue weighted by Crippen LogP contribution is -2.52. The van der Waals surface area contributed by atoms with Crippen LogP contribution in [-0.4, -0.2) is 58.0 Å². The van der Waals surface area contributed by atoms with Crippen molar-refractivity contribution < 1.29 is 31.9 Å². The molecular formula is C32H40FN3O6S. The number of amides is 2. The highest BCUT2D eigenvalue weighted by Crippen LogP contribution is 2.27. The summed E-state index contributed by atoms with van der Waals surface area (Å²) in [4.78, 5) is 28.8. The molecular weight excluding hydrogens is 573 g/mol. The first-order chi connectivity index (χ1) is 20.5. The van der Waals surface area contributed by atoms with Crippen LogP contribution in [0, 0.1) is 11.7 Å². The van der Waals surface area contributed by atoms with Gasteiger partial charge in [-0.15, -0.1) is 0 Å². The molecule has 0 spiro atoms. The minimum atomic E-state index is -4.30. The van der Waals surface area contributed by atoms with Crippen molar-refractivity contribution in [1.82, 2.24) is 10.2 Å². The molecule has 0 fully saturated rings. The Bertz CT molecular complexity index is 1460. The normalized spacial score (nSPS) is 12.0. The van der Waals surface area contributed by atoms with E-state index >= 15 is 0 Å². The van der Waals surface area contributed by atoms with Crippen LogP contribution in [0.3, 0.4) is 0 Å². The van der Waals surface area contributed by atoms with Crippen molar-refractivity contribution >= 4 is 27.5 Å². The Labute approximate surface area is 253 Å². The summed E-state index contributed by atoms with van der Waals surface area (Å²) >= 11 is 0. The van der Waals surface area contributed by atoms with Gasteiger partial charge in [0.05, 0.1) is 24.3 Å². The van der Waals surface area contributed by atoms with Gasteiger partial charge in [0.1, 0.15) is 29.9 Å². The molecule has 0 aromatic heterocycles. The lowest BCUT2D eigenvalue weighted by molar-refractivity contribution is -0.140. The molecule has 3 aromatic rings. The second-order valence-corrected chi connectivity index (χ2v) is 12.2. The zero-order valence-electron chi connectivity index (χ0n) is 25.2. The molecule has 232 valence electrons. The highest BCUT2D eigenvalue weighted by molar-refractivity contribution is 7.92. The molecule has 2 amide bonds. The number of ether oxygens (including phenoxy) is 2. The smallest absolute Gasteiger partial charge is 0.264 e. The summed E-state index contributed by atoms with van der Waals surface area (Å²) in [5.41, 5.74) is 0.799. The van der Waals surface area contributed by atoms with Gasteiger partial charge in [0.15, 0.2) is 0 Å². The van der Waals surface area contributed by atoms with Gasteiger partial charge in [0.25, 0.3) is 10.0 Å². The molecule has 0 aliphatic heterocycles. The van der Waals surface area contributed by atoms with Gasteiger partial charge in [-0.1, -0.05) is 32.9 Å². The molecule has 0 radical (unpaired) electrons. The third kappa shape index (κ3) is 8.93.